The quantitative estimate of drug-likeness (QED) is 0.620. The number of allylic oxidation sites excluding steroid dienone is 1. The van der Waals surface area contributed by atoms with Gasteiger partial charge in [0.1, 0.15) is 0 Å². The van der Waals surface area contributed by atoms with Crippen LogP contribution in [0, 0.1) is 11.8 Å². The lowest BCUT2D eigenvalue weighted by Gasteiger charge is -2.45. The molecular weight excluding hydrogens is 300 g/mol. The van der Waals surface area contributed by atoms with Crippen molar-refractivity contribution in [1.82, 2.24) is 4.90 Å². The standard InChI is InChI=1S/C20H24N2O2/c1-13(2)21-12-6-7-14-10-11-16-17(18(14)21)20(24)22(19(16)23)15-8-4-3-5-9-15/h3-5,8-10,13,16-18H,6-7,11-12H2,1-2H3/t16-,17-,18+/m1/s1. The minimum absolute atomic E-state index is 0.0145. The summed E-state index contributed by atoms with van der Waals surface area (Å²) in [6.45, 7) is 5.38. The van der Waals surface area contributed by atoms with Crippen LogP contribution in [0.2, 0.25) is 0 Å². The second-order valence-corrected chi connectivity index (χ2v) is 7.37. The van der Waals surface area contributed by atoms with Crippen molar-refractivity contribution < 1.29 is 9.59 Å². The third kappa shape index (κ3) is 2.24. The number of imide groups is 1. The third-order valence-corrected chi connectivity index (χ3v) is 5.75. The predicted molar refractivity (Wildman–Crippen MR) is 93.5 cm³/mol. The van der Waals surface area contributed by atoms with E-state index in [2.05, 4.69) is 24.8 Å². The van der Waals surface area contributed by atoms with Gasteiger partial charge in [0.25, 0.3) is 0 Å². The molecule has 2 saturated heterocycles. The number of carbonyl (C=O) groups is 2. The summed E-state index contributed by atoms with van der Waals surface area (Å²) in [6.07, 6.45) is 5.14. The number of carbonyl (C=O) groups excluding carboxylic acids is 2. The summed E-state index contributed by atoms with van der Waals surface area (Å²) in [6, 6.07) is 9.84. The molecule has 3 atom stereocenters. The molecule has 24 heavy (non-hydrogen) atoms. The highest BCUT2D eigenvalue weighted by molar-refractivity contribution is 6.22. The second kappa shape index (κ2) is 5.85. The zero-order valence-electron chi connectivity index (χ0n) is 14.3. The van der Waals surface area contributed by atoms with Crippen LogP contribution in [0.5, 0.6) is 0 Å². The van der Waals surface area contributed by atoms with E-state index in [1.165, 1.54) is 10.5 Å². The maximum Gasteiger partial charge on any atom is 0.239 e. The molecule has 0 bridgehead atoms. The van der Waals surface area contributed by atoms with Crippen LogP contribution < -0.4 is 4.90 Å². The van der Waals surface area contributed by atoms with Gasteiger partial charge in [-0.2, -0.15) is 0 Å². The number of nitrogens with zero attached hydrogens (tertiary/aromatic N) is 2. The topological polar surface area (TPSA) is 40.6 Å². The molecule has 0 unspecified atom stereocenters. The maximum atomic E-state index is 13.2. The van der Waals surface area contributed by atoms with Gasteiger partial charge in [-0.05, 0) is 51.8 Å². The van der Waals surface area contributed by atoms with Crippen molar-refractivity contribution >= 4 is 17.5 Å². The summed E-state index contributed by atoms with van der Waals surface area (Å²) in [5.74, 6) is -0.466. The Hall–Kier alpha value is -1.94. The van der Waals surface area contributed by atoms with Gasteiger partial charge in [0, 0.05) is 12.1 Å². The molecule has 1 aromatic carbocycles. The van der Waals surface area contributed by atoms with E-state index in [4.69, 9.17) is 0 Å². The van der Waals surface area contributed by atoms with Crippen molar-refractivity contribution in [3.05, 3.63) is 42.0 Å². The van der Waals surface area contributed by atoms with Crippen molar-refractivity contribution in [3.8, 4) is 0 Å². The minimum atomic E-state index is -0.222. The molecule has 4 rings (SSSR count). The molecular formula is C20H24N2O2. The Balaban J connectivity index is 1.73. The fraction of sp³-hybridized carbons (Fsp3) is 0.500. The Morgan fingerprint density at radius 1 is 1.08 bits per heavy atom. The second-order valence-electron chi connectivity index (χ2n) is 7.37. The number of hydrogen-bond donors (Lipinski definition) is 0. The molecule has 0 spiro atoms. The monoisotopic (exact) mass is 324 g/mol. The number of likely N-dealkylation sites (tertiary alicyclic amines) is 1. The summed E-state index contributed by atoms with van der Waals surface area (Å²) in [7, 11) is 0. The largest absolute Gasteiger partial charge is 0.293 e. The van der Waals surface area contributed by atoms with Gasteiger partial charge in [0.15, 0.2) is 0 Å². The number of rotatable bonds is 2. The number of piperidine rings is 1. The number of benzene rings is 1. The van der Waals surface area contributed by atoms with E-state index in [0.29, 0.717) is 18.2 Å². The van der Waals surface area contributed by atoms with Crippen LogP contribution in [0.4, 0.5) is 5.69 Å². The number of fused-ring (bicyclic) bond motifs is 3. The zero-order valence-corrected chi connectivity index (χ0v) is 14.3. The van der Waals surface area contributed by atoms with Crippen LogP contribution >= 0.6 is 0 Å². The normalized spacial score (nSPS) is 30.4. The van der Waals surface area contributed by atoms with E-state index in [1.807, 2.05) is 30.3 Å². The van der Waals surface area contributed by atoms with Gasteiger partial charge in [-0.3, -0.25) is 14.5 Å². The first-order valence-electron chi connectivity index (χ1n) is 8.97. The van der Waals surface area contributed by atoms with Gasteiger partial charge in [0.2, 0.25) is 11.8 Å². The summed E-state index contributed by atoms with van der Waals surface area (Å²) in [4.78, 5) is 30.0. The van der Waals surface area contributed by atoms with E-state index in [-0.39, 0.29) is 29.7 Å². The van der Waals surface area contributed by atoms with E-state index in [0.717, 1.165) is 19.4 Å². The molecule has 0 radical (unpaired) electrons. The highest BCUT2D eigenvalue weighted by Gasteiger charge is 2.55. The Kier molecular flexibility index (Phi) is 3.80. The summed E-state index contributed by atoms with van der Waals surface area (Å²) in [5, 5.41) is 0. The number of amides is 2. The number of anilines is 1. The Bertz CT molecular complexity index is 695. The Morgan fingerprint density at radius 2 is 1.83 bits per heavy atom. The maximum absolute atomic E-state index is 13.2. The zero-order chi connectivity index (χ0) is 16.8. The first-order valence-corrected chi connectivity index (χ1v) is 8.97. The van der Waals surface area contributed by atoms with Crippen LogP contribution in [0.15, 0.2) is 42.0 Å². The highest BCUT2D eigenvalue weighted by atomic mass is 16.2. The van der Waals surface area contributed by atoms with Crippen molar-refractivity contribution in [2.75, 3.05) is 11.4 Å². The average Bonchev–Trinajstić information content (AvgIpc) is 2.86. The van der Waals surface area contributed by atoms with E-state index >= 15 is 0 Å². The lowest BCUT2D eigenvalue weighted by molar-refractivity contribution is -0.123. The SMILES string of the molecule is CC(C)N1CCCC2=CC[C@H]3C(=O)N(c4ccccc4)C(=O)[C@H]3[C@H]21. The molecule has 2 heterocycles. The molecule has 1 aromatic rings. The number of hydrogen-bond acceptors (Lipinski definition) is 3. The molecule has 0 N–H and O–H groups in total. The van der Waals surface area contributed by atoms with Crippen molar-refractivity contribution in [2.24, 2.45) is 11.8 Å². The van der Waals surface area contributed by atoms with E-state index < -0.39 is 0 Å². The van der Waals surface area contributed by atoms with Gasteiger partial charge in [-0.15, -0.1) is 0 Å². The van der Waals surface area contributed by atoms with Crippen molar-refractivity contribution in [3.63, 3.8) is 0 Å². The van der Waals surface area contributed by atoms with Crippen LogP contribution in [-0.2, 0) is 9.59 Å². The average molecular weight is 324 g/mol. The van der Waals surface area contributed by atoms with Crippen molar-refractivity contribution in [1.29, 1.82) is 0 Å². The first kappa shape index (κ1) is 15.6. The molecule has 4 nitrogen and oxygen atoms in total. The minimum Gasteiger partial charge on any atom is -0.293 e. The fourth-order valence-electron chi connectivity index (χ4n) is 4.67. The molecule has 0 saturated carbocycles. The fourth-order valence-corrected chi connectivity index (χ4v) is 4.67. The van der Waals surface area contributed by atoms with Crippen LogP contribution in [0.1, 0.15) is 33.1 Å². The van der Waals surface area contributed by atoms with E-state index in [9.17, 15) is 9.59 Å². The van der Waals surface area contributed by atoms with Gasteiger partial charge >= 0.3 is 0 Å². The van der Waals surface area contributed by atoms with Crippen LogP contribution in [-0.4, -0.2) is 35.3 Å². The summed E-state index contributed by atoms with van der Waals surface area (Å²) < 4.78 is 0. The Labute approximate surface area is 143 Å². The van der Waals surface area contributed by atoms with E-state index in [1.54, 1.807) is 0 Å². The molecule has 126 valence electrons. The lowest BCUT2D eigenvalue weighted by Crippen LogP contribution is -2.53. The third-order valence-electron chi connectivity index (χ3n) is 5.75. The summed E-state index contributed by atoms with van der Waals surface area (Å²) in [5.41, 5.74) is 2.07. The molecule has 2 fully saturated rings. The van der Waals surface area contributed by atoms with Gasteiger partial charge < -0.3 is 0 Å². The first-order chi connectivity index (χ1) is 11.6. The van der Waals surface area contributed by atoms with Gasteiger partial charge in [0.05, 0.1) is 17.5 Å². The molecule has 1 aliphatic carbocycles. The Morgan fingerprint density at radius 3 is 2.54 bits per heavy atom. The summed E-state index contributed by atoms with van der Waals surface area (Å²) >= 11 is 0. The molecule has 2 aliphatic heterocycles. The lowest BCUT2D eigenvalue weighted by atomic mass is 9.73. The number of para-hydroxylation sites is 1. The van der Waals surface area contributed by atoms with Crippen LogP contribution in [0.3, 0.4) is 0 Å². The molecule has 0 aromatic heterocycles. The molecule has 2 amide bonds. The molecule has 3 aliphatic rings. The molecule has 4 heteroatoms. The van der Waals surface area contributed by atoms with Crippen molar-refractivity contribution in [2.45, 2.75) is 45.2 Å². The smallest absolute Gasteiger partial charge is 0.239 e. The highest BCUT2D eigenvalue weighted by Crippen LogP contribution is 2.45. The van der Waals surface area contributed by atoms with Gasteiger partial charge in [-0.1, -0.05) is 29.8 Å². The van der Waals surface area contributed by atoms with Crippen LogP contribution in [0.25, 0.3) is 0 Å². The van der Waals surface area contributed by atoms with Gasteiger partial charge in [-0.25, -0.2) is 4.90 Å². The predicted octanol–water partition coefficient (Wildman–Crippen LogP) is 3.00.